The molecular formula is C19H33NSi. The fourth-order valence-electron chi connectivity index (χ4n) is 3.48. The summed E-state index contributed by atoms with van der Waals surface area (Å²) in [5, 5.41) is 5.19. The van der Waals surface area contributed by atoms with Gasteiger partial charge in [-0.05, 0) is 36.8 Å². The van der Waals surface area contributed by atoms with E-state index in [1.54, 1.807) is 5.19 Å². The maximum atomic E-state index is 3.63. The second-order valence-corrected chi connectivity index (χ2v) is 13.1. The lowest BCUT2D eigenvalue weighted by Gasteiger charge is -2.26. The maximum absolute atomic E-state index is 3.63. The summed E-state index contributed by atoms with van der Waals surface area (Å²) < 4.78 is 0. The summed E-state index contributed by atoms with van der Waals surface area (Å²) in [5.74, 6) is 1.92. The number of hydrogen-bond acceptors (Lipinski definition) is 1. The SMILES string of the molecule is CC1CCCC(CCNCc2ccc([Si](C)(C)C)cc2)C1. The molecule has 0 amide bonds. The van der Waals surface area contributed by atoms with Crippen molar-refractivity contribution in [2.24, 2.45) is 11.8 Å². The van der Waals surface area contributed by atoms with Gasteiger partial charge in [0, 0.05) is 6.54 Å². The van der Waals surface area contributed by atoms with Gasteiger partial charge in [-0.1, -0.05) is 75.3 Å². The third-order valence-corrected chi connectivity index (χ3v) is 6.99. The first-order valence-electron chi connectivity index (χ1n) is 8.75. The second kappa shape index (κ2) is 7.60. The Morgan fingerprint density at radius 1 is 1.10 bits per heavy atom. The summed E-state index contributed by atoms with van der Waals surface area (Å²) in [5.41, 5.74) is 1.43. The van der Waals surface area contributed by atoms with Crippen LogP contribution in [0.3, 0.4) is 0 Å². The third kappa shape index (κ3) is 5.59. The van der Waals surface area contributed by atoms with Crippen LogP contribution < -0.4 is 10.5 Å². The Kier molecular flexibility index (Phi) is 6.06. The number of benzene rings is 1. The molecule has 2 atom stereocenters. The molecule has 2 heteroatoms. The average Bonchev–Trinajstić information content (AvgIpc) is 2.43. The molecule has 0 spiro atoms. The Labute approximate surface area is 132 Å². The molecule has 0 aliphatic heterocycles. The fourth-order valence-corrected chi connectivity index (χ4v) is 4.65. The van der Waals surface area contributed by atoms with Crippen molar-refractivity contribution in [1.82, 2.24) is 5.32 Å². The van der Waals surface area contributed by atoms with Crippen LogP contribution in [-0.4, -0.2) is 14.6 Å². The Hall–Kier alpha value is -0.603. The van der Waals surface area contributed by atoms with Gasteiger partial charge >= 0.3 is 0 Å². The molecule has 1 saturated carbocycles. The minimum atomic E-state index is -1.14. The highest BCUT2D eigenvalue weighted by Gasteiger charge is 2.18. The molecule has 1 aliphatic carbocycles. The standard InChI is InChI=1S/C19H33NSi/c1-16-6-5-7-17(14-16)12-13-20-15-18-8-10-19(11-9-18)21(2,3)4/h8-11,16-17,20H,5-7,12-15H2,1-4H3. The smallest absolute Gasteiger partial charge is 0.0775 e. The van der Waals surface area contributed by atoms with E-state index in [0.717, 1.165) is 18.4 Å². The summed E-state index contributed by atoms with van der Waals surface area (Å²) in [6.45, 7) is 11.8. The highest BCUT2D eigenvalue weighted by Crippen LogP contribution is 2.30. The minimum Gasteiger partial charge on any atom is -0.313 e. The van der Waals surface area contributed by atoms with Gasteiger partial charge in [0.2, 0.25) is 0 Å². The van der Waals surface area contributed by atoms with Gasteiger partial charge in [-0.25, -0.2) is 0 Å². The zero-order valence-corrected chi connectivity index (χ0v) is 15.4. The summed E-state index contributed by atoms with van der Waals surface area (Å²) >= 11 is 0. The van der Waals surface area contributed by atoms with Gasteiger partial charge in [-0.3, -0.25) is 0 Å². The van der Waals surface area contributed by atoms with Crippen molar-refractivity contribution in [3.05, 3.63) is 29.8 Å². The van der Waals surface area contributed by atoms with Crippen LogP contribution in [0.15, 0.2) is 24.3 Å². The quantitative estimate of drug-likeness (QED) is 0.601. The highest BCUT2D eigenvalue weighted by molar-refractivity contribution is 6.88. The number of nitrogens with one attached hydrogen (secondary N) is 1. The summed E-state index contributed by atoms with van der Waals surface area (Å²) in [6.07, 6.45) is 7.16. The van der Waals surface area contributed by atoms with Crippen LogP contribution >= 0.6 is 0 Å². The lowest BCUT2D eigenvalue weighted by atomic mass is 9.81. The summed E-state index contributed by atoms with van der Waals surface area (Å²) in [4.78, 5) is 0. The van der Waals surface area contributed by atoms with E-state index in [1.165, 1.54) is 44.2 Å². The van der Waals surface area contributed by atoms with Crippen LogP contribution in [0.1, 0.15) is 44.6 Å². The Morgan fingerprint density at radius 2 is 1.81 bits per heavy atom. The Morgan fingerprint density at radius 3 is 2.43 bits per heavy atom. The average molecular weight is 304 g/mol. The van der Waals surface area contributed by atoms with E-state index in [1.807, 2.05) is 0 Å². The van der Waals surface area contributed by atoms with E-state index in [2.05, 4.69) is 56.1 Å². The topological polar surface area (TPSA) is 12.0 Å². The fraction of sp³-hybridized carbons (Fsp3) is 0.684. The van der Waals surface area contributed by atoms with Crippen LogP contribution in [-0.2, 0) is 6.54 Å². The van der Waals surface area contributed by atoms with Crippen LogP contribution in [0.2, 0.25) is 19.6 Å². The van der Waals surface area contributed by atoms with Crippen molar-refractivity contribution in [2.75, 3.05) is 6.54 Å². The Bertz CT molecular complexity index is 418. The Balaban J connectivity index is 1.69. The first kappa shape index (κ1) is 16.8. The van der Waals surface area contributed by atoms with Crippen LogP contribution in [0.25, 0.3) is 0 Å². The molecule has 1 aromatic carbocycles. The molecule has 21 heavy (non-hydrogen) atoms. The van der Waals surface area contributed by atoms with Gasteiger partial charge < -0.3 is 5.32 Å². The molecule has 0 aromatic heterocycles. The molecule has 1 fully saturated rings. The summed E-state index contributed by atoms with van der Waals surface area (Å²) in [7, 11) is -1.14. The molecule has 0 radical (unpaired) electrons. The van der Waals surface area contributed by atoms with E-state index in [4.69, 9.17) is 0 Å². The van der Waals surface area contributed by atoms with Gasteiger partial charge in [-0.15, -0.1) is 0 Å². The zero-order chi connectivity index (χ0) is 15.3. The summed E-state index contributed by atoms with van der Waals surface area (Å²) in [6, 6.07) is 9.30. The molecular weight excluding hydrogens is 270 g/mol. The predicted molar refractivity (Wildman–Crippen MR) is 96.9 cm³/mol. The van der Waals surface area contributed by atoms with E-state index >= 15 is 0 Å². The van der Waals surface area contributed by atoms with Crippen LogP contribution in [0.4, 0.5) is 0 Å². The molecule has 1 aliphatic rings. The number of rotatable bonds is 6. The first-order chi connectivity index (χ1) is 9.95. The van der Waals surface area contributed by atoms with E-state index in [0.29, 0.717) is 0 Å². The first-order valence-corrected chi connectivity index (χ1v) is 12.3. The molecule has 2 unspecified atom stereocenters. The zero-order valence-electron chi connectivity index (χ0n) is 14.4. The van der Waals surface area contributed by atoms with Gasteiger partial charge in [0.25, 0.3) is 0 Å². The van der Waals surface area contributed by atoms with Gasteiger partial charge in [0.1, 0.15) is 0 Å². The molecule has 2 rings (SSSR count). The molecule has 0 bridgehead atoms. The van der Waals surface area contributed by atoms with Gasteiger partial charge in [0.15, 0.2) is 0 Å². The lowest BCUT2D eigenvalue weighted by Crippen LogP contribution is -2.37. The normalized spacial score (nSPS) is 23.2. The molecule has 118 valence electrons. The van der Waals surface area contributed by atoms with Crippen molar-refractivity contribution in [3.63, 3.8) is 0 Å². The van der Waals surface area contributed by atoms with Crippen molar-refractivity contribution >= 4 is 13.3 Å². The molecule has 1 nitrogen and oxygen atoms in total. The van der Waals surface area contributed by atoms with Crippen molar-refractivity contribution in [3.8, 4) is 0 Å². The molecule has 0 saturated heterocycles. The van der Waals surface area contributed by atoms with Gasteiger partial charge in [0.05, 0.1) is 8.07 Å². The second-order valence-electron chi connectivity index (χ2n) is 8.05. The highest BCUT2D eigenvalue weighted by atomic mass is 28.3. The van der Waals surface area contributed by atoms with Crippen molar-refractivity contribution in [2.45, 2.75) is 65.2 Å². The maximum Gasteiger partial charge on any atom is 0.0775 e. The number of hydrogen-bond donors (Lipinski definition) is 1. The van der Waals surface area contributed by atoms with Crippen molar-refractivity contribution in [1.29, 1.82) is 0 Å². The third-order valence-electron chi connectivity index (χ3n) is 4.92. The lowest BCUT2D eigenvalue weighted by molar-refractivity contribution is 0.267. The molecule has 0 heterocycles. The van der Waals surface area contributed by atoms with Crippen LogP contribution in [0, 0.1) is 11.8 Å². The monoisotopic (exact) mass is 303 g/mol. The van der Waals surface area contributed by atoms with E-state index < -0.39 is 8.07 Å². The molecule has 1 N–H and O–H groups in total. The van der Waals surface area contributed by atoms with E-state index in [-0.39, 0.29) is 0 Å². The largest absolute Gasteiger partial charge is 0.313 e. The molecule has 1 aromatic rings. The van der Waals surface area contributed by atoms with Crippen LogP contribution in [0.5, 0.6) is 0 Å². The van der Waals surface area contributed by atoms with Gasteiger partial charge in [-0.2, -0.15) is 0 Å². The predicted octanol–water partition coefficient (Wildman–Crippen LogP) is 4.54. The van der Waals surface area contributed by atoms with Crippen molar-refractivity contribution < 1.29 is 0 Å². The van der Waals surface area contributed by atoms with E-state index in [9.17, 15) is 0 Å². The minimum absolute atomic E-state index is 0.956.